The minimum atomic E-state index is -1.18. The summed E-state index contributed by atoms with van der Waals surface area (Å²) in [4.78, 5) is 48.0. The highest BCUT2D eigenvalue weighted by Crippen LogP contribution is 2.66. The second kappa shape index (κ2) is 11.9. The average Bonchev–Trinajstić information content (AvgIpc) is 3.45. The van der Waals surface area contributed by atoms with E-state index in [-0.39, 0.29) is 30.2 Å². The van der Waals surface area contributed by atoms with Crippen molar-refractivity contribution in [2.75, 3.05) is 33.3 Å². The van der Waals surface area contributed by atoms with Crippen LogP contribution in [-0.2, 0) is 19.1 Å². The Labute approximate surface area is 238 Å². The highest BCUT2D eigenvalue weighted by Gasteiger charge is 2.80. The number of unbranched alkanes of at least 4 members (excludes halogenated alkanes) is 2. The normalized spacial score (nSPS) is 31.1. The van der Waals surface area contributed by atoms with Crippen molar-refractivity contribution in [2.24, 2.45) is 17.8 Å². The van der Waals surface area contributed by atoms with Gasteiger partial charge in [-0.15, -0.1) is 13.2 Å². The van der Waals surface area contributed by atoms with Crippen molar-refractivity contribution in [3.05, 3.63) is 61.2 Å². The van der Waals surface area contributed by atoms with Crippen LogP contribution in [0, 0.1) is 17.8 Å². The number of hydrogen-bond donors (Lipinski definition) is 1. The van der Waals surface area contributed by atoms with E-state index in [2.05, 4.69) is 20.1 Å². The molecule has 8 nitrogen and oxygen atoms in total. The third kappa shape index (κ3) is 4.69. The van der Waals surface area contributed by atoms with Gasteiger partial charge in [0.1, 0.15) is 11.6 Å². The zero-order valence-corrected chi connectivity index (χ0v) is 24.4. The van der Waals surface area contributed by atoms with Gasteiger partial charge in [0.2, 0.25) is 17.7 Å². The zero-order valence-electron chi connectivity index (χ0n) is 24.4. The van der Waals surface area contributed by atoms with Gasteiger partial charge < -0.3 is 24.5 Å². The van der Waals surface area contributed by atoms with Gasteiger partial charge in [-0.2, -0.15) is 0 Å². The first-order chi connectivity index (χ1) is 19.1. The van der Waals surface area contributed by atoms with Gasteiger partial charge in [-0.05, 0) is 31.2 Å². The molecule has 0 saturated carbocycles. The SMILES string of the molecule is C=CCN(C)C(=O)[C@H]1[C@H]2C(=O)N([C@H](CO)c3ccccc3)C(C(=O)N(CC=C)CCCCC)C23CC(C)[C@]1(C)O3. The van der Waals surface area contributed by atoms with Gasteiger partial charge in [0.05, 0.1) is 30.1 Å². The van der Waals surface area contributed by atoms with Gasteiger partial charge in [-0.1, -0.05) is 69.2 Å². The Morgan fingerprint density at radius 3 is 2.45 bits per heavy atom. The van der Waals surface area contributed by atoms with E-state index in [1.165, 1.54) is 0 Å². The molecule has 8 heteroatoms. The molecule has 1 aromatic carbocycles. The third-order valence-corrected chi connectivity index (χ3v) is 9.42. The molecular weight excluding hydrogens is 506 g/mol. The highest BCUT2D eigenvalue weighted by atomic mass is 16.5. The standard InChI is InChI=1S/C32H45N3O5/c1-7-10-14-19-34(18-9-3)30(39)27-32-20-22(4)31(5,40-32)25(28(37)33(6)17-8-2)26(32)29(38)35(27)24(21-36)23-15-12-11-13-16-23/h8-9,11-13,15-16,22,24-27,36H,2-3,7,10,14,17-21H2,1,4-6H3/t22?,24-,25-,26+,27?,31+,32?/m1/s1. The van der Waals surface area contributed by atoms with Crippen LogP contribution in [0.15, 0.2) is 55.6 Å². The van der Waals surface area contributed by atoms with E-state index in [1.54, 1.807) is 33.9 Å². The molecule has 218 valence electrons. The van der Waals surface area contributed by atoms with E-state index >= 15 is 0 Å². The number of rotatable bonds is 13. The van der Waals surface area contributed by atoms with Crippen LogP contribution < -0.4 is 0 Å². The lowest BCUT2D eigenvalue weighted by Gasteiger charge is -2.39. The fourth-order valence-electron chi connectivity index (χ4n) is 7.39. The van der Waals surface area contributed by atoms with Crippen molar-refractivity contribution in [3.63, 3.8) is 0 Å². The summed E-state index contributed by atoms with van der Waals surface area (Å²) >= 11 is 0. The topological polar surface area (TPSA) is 90.4 Å². The van der Waals surface area contributed by atoms with Crippen molar-refractivity contribution in [3.8, 4) is 0 Å². The number of likely N-dealkylation sites (tertiary alicyclic amines) is 1. The minimum Gasteiger partial charge on any atom is -0.394 e. The molecule has 7 atom stereocenters. The molecule has 4 rings (SSSR count). The van der Waals surface area contributed by atoms with Crippen LogP contribution in [0.25, 0.3) is 0 Å². The van der Waals surface area contributed by atoms with Crippen LogP contribution in [0.4, 0.5) is 0 Å². The molecule has 0 aromatic heterocycles. The molecule has 1 aromatic rings. The summed E-state index contributed by atoms with van der Waals surface area (Å²) in [5, 5.41) is 10.7. The van der Waals surface area contributed by atoms with Crippen molar-refractivity contribution in [1.82, 2.24) is 14.7 Å². The van der Waals surface area contributed by atoms with Gasteiger partial charge in [0.15, 0.2) is 0 Å². The van der Waals surface area contributed by atoms with E-state index in [1.807, 2.05) is 44.2 Å². The predicted molar refractivity (Wildman–Crippen MR) is 154 cm³/mol. The van der Waals surface area contributed by atoms with Crippen LogP contribution in [0.2, 0.25) is 0 Å². The molecule has 2 bridgehead atoms. The number of carbonyl (C=O) groups is 3. The molecule has 0 aliphatic carbocycles. The summed E-state index contributed by atoms with van der Waals surface area (Å²) in [5.74, 6) is -2.36. The lowest BCUT2D eigenvalue weighted by Crippen LogP contribution is -2.57. The molecule has 1 N–H and O–H groups in total. The van der Waals surface area contributed by atoms with Crippen LogP contribution in [0.3, 0.4) is 0 Å². The van der Waals surface area contributed by atoms with E-state index in [0.717, 1.165) is 24.8 Å². The van der Waals surface area contributed by atoms with E-state index in [0.29, 0.717) is 26.1 Å². The quantitative estimate of drug-likeness (QED) is 0.299. The number of amides is 3. The molecule has 3 aliphatic heterocycles. The van der Waals surface area contributed by atoms with Gasteiger partial charge in [0.25, 0.3) is 0 Å². The molecule has 3 fully saturated rings. The number of aliphatic hydroxyl groups excluding tert-OH is 1. The van der Waals surface area contributed by atoms with E-state index in [9.17, 15) is 19.5 Å². The largest absolute Gasteiger partial charge is 0.394 e. The summed E-state index contributed by atoms with van der Waals surface area (Å²) in [7, 11) is 1.70. The maximum Gasteiger partial charge on any atom is 0.248 e. The number of likely N-dealkylation sites (N-methyl/N-ethyl adjacent to an activating group) is 1. The summed E-state index contributed by atoms with van der Waals surface area (Å²) in [6, 6.07) is 7.55. The Balaban J connectivity index is 1.86. The van der Waals surface area contributed by atoms with Crippen LogP contribution in [0.1, 0.15) is 58.1 Å². The molecule has 0 radical (unpaired) electrons. The summed E-state index contributed by atoms with van der Waals surface area (Å²) in [6.45, 7) is 14.6. The first-order valence-corrected chi connectivity index (χ1v) is 14.6. The number of carbonyl (C=O) groups excluding carboxylic acids is 3. The molecule has 3 saturated heterocycles. The molecule has 3 aliphatic rings. The van der Waals surface area contributed by atoms with E-state index in [4.69, 9.17) is 4.74 Å². The number of hydrogen-bond acceptors (Lipinski definition) is 5. The summed E-state index contributed by atoms with van der Waals surface area (Å²) in [5.41, 5.74) is -1.34. The maximum atomic E-state index is 14.6. The maximum absolute atomic E-state index is 14.6. The fraction of sp³-hybridized carbons (Fsp3) is 0.594. The first kappa shape index (κ1) is 30.0. The Kier molecular flexibility index (Phi) is 8.90. The van der Waals surface area contributed by atoms with E-state index < -0.39 is 35.1 Å². The predicted octanol–water partition coefficient (Wildman–Crippen LogP) is 3.58. The molecule has 40 heavy (non-hydrogen) atoms. The summed E-state index contributed by atoms with van der Waals surface area (Å²) < 4.78 is 6.87. The Morgan fingerprint density at radius 1 is 1.18 bits per heavy atom. The smallest absolute Gasteiger partial charge is 0.248 e. The van der Waals surface area contributed by atoms with Gasteiger partial charge >= 0.3 is 0 Å². The molecule has 3 heterocycles. The van der Waals surface area contributed by atoms with Gasteiger partial charge in [0, 0.05) is 26.7 Å². The Morgan fingerprint density at radius 2 is 1.85 bits per heavy atom. The minimum absolute atomic E-state index is 0.0601. The van der Waals surface area contributed by atoms with Crippen molar-refractivity contribution in [1.29, 1.82) is 0 Å². The Bertz CT molecular complexity index is 1120. The monoisotopic (exact) mass is 551 g/mol. The van der Waals surface area contributed by atoms with Gasteiger partial charge in [-0.25, -0.2) is 0 Å². The highest BCUT2D eigenvalue weighted by molar-refractivity contribution is 5.99. The number of ether oxygens (including phenoxy) is 1. The molecule has 3 unspecified atom stereocenters. The van der Waals surface area contributed by atoms with Crippen LogP contribution >= 0.6 is 0 Å². The fourth-order valence-corrected chi connectivity index (χ4v) is 7.39. The molecular formula is C32H45N3O5. The average molecular weight is 552 g/mol. The lowest BCUT2D eigenvalue weighted by molar-refractivity contribution is -0.157. The zero-order chi connectivity index (χ0) is 29.2. The van der Waals surface area contributed by atoms with Crippen molar-refractivity contribution >= 4 is 17.7 Å². The number of aliphatic hydroxyl groups is 1. The number of fused-ring (bicyclic) bond motifs is 1. The number of nitrogens with zero attached hydrogens (tertiary/aromatic N) is 3. The van der Waals surface area contributed by atoms with Crippen molar-refractivity contribution < 1.29 is 24.2 Å². The van der Waals surface area contributed by atoms with Crippen LogP contribution in [0.5, 0.6) is 0 Å². The summed E-state index contributed by atoms with van der Waals surface area (Å²) in [6.07, 6.45) is 6.65. The number of benzene rings is 1. The molecule has 3 amide bonds. The Hall–Kier alpha value is -2.97. The lowest BCUT2D eigenvalue weighted by atomic mass is 9.62. The van der Waals surface area contributed by atoms with Crippen molar-refractivity contribution in [2.45, 2.75) is 69.7 Å². The molecule has 1 spiro atoms. The second-order valence-electron chi connectivity index (χ2n) is 11.8. The first-order valence-electron chi connectivity index (χ1n) is 14.6. The second-order valence-corrected chi connectivity index (χ2v) is 11.8. The third-order valence-electron chi connectivity index (χ3n) is 9.42. The van der Waals surface area contributed by atoms with Crippen LogP contribution in [-0.4, -0.2) is 88.1 Å². The van der Waals surface area contributed by atoms with Gasteiger partial charge in [-0.3, -0.25) is 14.4 Å².